The number of hydrogen-bond donors (Lipinski definition) is 4. The molecule has 6 N–H and O–H groups in total. The Morgan fingerprint density at radius 3 is 2.72 bits per heavy atom. The second-order valence-electron chi connectivity index (χ2n) is 7.05. The molecule has 3 rings (SSSR count). The summed E-state index contributed by atoms with van der Waals surface area (Å²) in [5.41, 5.74) is 13.0. The molecule has 2 heterocycles. The van der Waals surface area contributed by atoms with Gasteiger partial charge in [0.1, 0.15) is 11.4 Å². The van der Waals surface area contributed by atoms with E-state index in [1.54, 1.807) is 6.26 Å². The van der Waals surface area contributed by atoms with Crippen molar-refractivity contribution in [3.8, 4) is 5.75 Å². The standard InChI is InChI=1S/C18H25N5O4S2/c1-4-12(14-7-10(2)8-27-14)21-16(19)17(20)22-13-9-28-18(15(13)24)29(25,26)23(3)11-5-6-11/h7-9,11-12,24H,4-6H2,1-3H3,(H2,19,21)(H2,20,22)/p+1/t12-/m1/s1. The molecular weight excluding hydrogens is 414 g/mol. The Kier molecular flexibility index (Phi) is 6.01. The Bertz CT molecular complexity index is 1050. The summed E-state index contributed by atoms with van der Waals surface area (Å²) in [6.07, 6.45) is 3.99. The van der Waals surface area contributed by atoms with Crippen molar-refractivity contribution < 1.29 is 22.9 Å². The molecule has 11 heteroatoms. The number of thiophene rings is 1. The minimum Gasteiger partial charge on any atom is -0.504 e. The van der Waals surface area contributed by atoms with E-state index in [1.165, 1.54) is 16.7 Å². The highest BCUT2D eigenvalue weighted by atomic mass is 32.2. The topological polar surface area (TPSA) is 149 Å². The Balaban J connectivity index is 1.85. The van der Waals surface area contributed by atoms with Gasteiger partial charge in [-0.25, -0.2) is 13.4 Å². The van der Waals surface area contributed by atoms with Crippen molar-refractivity contribution >= 4 is 38.7 Å². The average molecular weight is 441 g/mol. The van der Waals surface area contributed by atoms with E-state index in [9.17, 15) is 13.5 Å². The van der Waals surface area contributed by atoms with E-state index in [4.69, 9.17) is 15.9 Å². The number of sulfonamides is 1. The van der Waals surface area contributed by atoms with Crippen LogP contribution < -0.4 is 16.5 Å². The van der Waals surface area contributed by atoms with Crippen molar-refractivity contribution in [1.29, 1.82) is 0 Å². The molecule has 2 aromatic rings. The third-order valence-corrected chi connectivity index (χ3v) is 8.12. The number of furan rings is 1. The molecule has 0 aliphatic heterocycles. The molecule has 0 amide bonds. The summed E-state index contributed by atoms with van der Waals surface area (Å²) < 4.78 is 31.9. The third-order valence-electron chi connectivity index (χ3n) is 4.74. The van der Waals surface area contributed by atoms with Gasteiger partial charge in [0.25, 0.3) is 10.0 Å². The van der Waals surface area contributed by atoms with Gasteiger partial charge in [-0.1, -0.05) is 6.92 Å². The van der Waals surface area contributed by atoms with Crippen LogP contribution in [-0.2, 0) is 10.0 Å². The van der Waals surface area contributed by atoms with Crippen molar-refractivity contribution in [3.63, 3.8) is 0 Å². The van der Waals surface area contributed by atoms with E-state index in [0.29, 0.717) is 6.42 Å². The van der Waals surface area contributed by atoms with E-state index in [2.05, 4.69) is 9.98 Å². The predicted octanol–water partition coefficient (Wildman–Crippen LogP) is 0.716. The summed E-state index contributed by atoms with van der Waals surface area (Å²) in [7, 11) is -2.26. The zero-order valence-electron chi connectivity index (χ0n) is 16.5. The van der Waals surface area contributed by atoms with Crippen LogP contribution in [0, 0.1) is 6.92 Å². The Morgan fingerprint density at radius 1 is 1.48 bits per heavy atom. The summed E-state index contributed by atoms with van der Waals surface area (Å²) in [4.78, 5) is 7.17. The van der Waals surface area contributed by atoms with Gasteiger partial charge in [-0.3, -0.25) is 10.7 Å². The maximum Gasteiger partial charge on any atom is 0.309 e. The number of nitrogens with two attached hydrogens (primary N) is 2. The Morgan fingerprint density at radius 2 is 2.17 bits per heavy atom. The zero-order chi connectivity index (χ0) is 21.3. The third kappa shape index (κ3) is 4.46. The van der Waals surface area contributed by atoms with Gasteiger partial charge in [-0.2, -0.15) is 4.31 Å². The molecule has 1 aliphatic rings. The van der Waals surface area contributed by atoms with Gasteiger partial charge in [-0.05, 0) is 37.8 Å². The second-order valence-corrected chi connectivity index (χ2v) is 10.1. The number of nitrogens with zero attached hydrogens (tertiary/aromatic N) is 2. The van der Waals surface area contributed by atoms with Crippen LogP contribution in [0.15, 0.2) is 31.3 Å². The van der Waals surface area contributed by atoms with E-state index >= 15 is 0 Å². The van der Waals surface area contributed by atoms with E-state index in [1.807, 2.05) is 19.9 Å². The Hall–Kier alpha value is -2.37. The van der Waals surface area contributed by atoms with Gasteiger partial charge in [0.2, 0.25) is 5.84 Å². The van der Waals surface area contributed by atoms with Crippen LogP contribution in [0.2, 0.25) is 0 Å². The number of aliphatic imine (C=N–C) groups is 1. The molecule has 0 spiro atoms. The maximum atomic E-state index is 12.7. The van der Waals surface area contributed by atoms with Gasteiger partial charge < -0.3 is 15.3 Å². The fourth-order valence-corrected chi connectivity index (χ4v) is 5.61. The van der Waals surface area contributed by atoms with Gasteiger partial charge in [0, 0.05) is 18.5 Å². The normalized spacial score (nSPS) is 17.1. The van der Waals surface area contributed by atoms with E-state index < -0.39 is 15.8 Å². The van der Waals surface area contributed by atoms with E-state index in [0.717, 1.165) is 35.5 Å². The van der Waals surface area contributed by atoms with Crippen LogP contribution >= 0.6 is 11.3 Å². The van der Waals surface area contributed by atoms with E-state index in [-0.39, 0.29) is 33.7 Å². The first-order chi connectivity index (χ1) is 13.6. The second kappa shape index (κ2) is 8.17. The molecule has 1 aliphatic carbocycles. The van der Waals surface area contributed by atoms with Crippen LogP contribution in [0.5, 0.6) is 5.75 Å². The molecule has 158 valence electrons. The highest BCUT2D eigenvalue weighted by Crippen LogP contribution is 2.42. The molecule has 1 saturated carbocycles. The van der Waals surface area contributed by atoms with Crippen LogP contribution in [0.1, 0.15) is 43.6 Å². The first kappa shape index (κ1) is 21.3. The van der Waals surface area contributed by atoms with Crippen LogP contribution in [0.3, 0.4) is 0 Å². The summed E-state index contributed by atoms with van der Waals surface area (Å²) in [6, 6.07) is 1.69. The summed E-state index contributed by atoms with van der Waals surface area (Å²) in [5, 5.41) is 11.9. The van der Waals surface area contributed by atoms with Crippen LogP contribution in [-0.4, -0.2) is 42.6 Å². The molecule has 0 aromatic carbocycles. The first-order valence-corrected chi connectivity index (χ1v) is 11.5. The predicted molar refractivity (Wildman–Crippen MR) is 112 cm³/mol. The van der Waals surface area contributed by atoms with Crippen molar-refractivity contribution in [2.24, 2.45) is 16.5 Å². The van der Waals surface area contributed by atoms with Crippen molar-refractivity contribution in [2.45, 2.75) is 49.4 Å². The molecule has 0 bridgehead atoms. The van der Waals surface area contributed by atoms with Gasteiger partial charge in [0.15, 0.2) is 16.0 Å². The lowest BCUT2D eigenvalue weighted by Gasteiger charge is -2.14. The van der Waals surface area contributed by atoms with Crippen LogP contribution in [0.25, 0.3) is 0 Å². The lowest BCUT2D eigenvalue weighted by molar-refractivity contribution is -0.512. The largest absolute Gasteiger partial charge is 0.504 e. The smallest absolute Gasteiger partial charge is 0.309 e. The molecule has 1 fully saturated rings. The van der Waals surface area contributed by atoms with Gasteiger partial charge >= 0.3 is 5.84 Å². The quantitative estimate of drug-likeness (QED) is 0.368. The minimum absolute atomic E-state index is 0.0112. The van der Waals surface area contributed by atoms with Crippen molar-refractivity contribution in [1.82, 2.24) is 4.31 Å². The number of hydrogen-bond acceptors (Lipinski definition) is 6. The lowest BCUT2D eigenvalue weighted by atomic mass is 10.1. The zero-order valence-corrected chi connectivity index (χ0v) is 18.2. The maximum absolute atomic E-state index is 12.7. The molecule has 0 radical (unpaired) electrons. The molecule has 29 heavy (non-hydrogen) atoms. The highest BCUT2D eigenvalue weighted by molar-refractivity contribution is 7.91. The first-order valence-electron chi connectivity index (χ1n) is 9.22. The van der Waals surface area contributed by atoms with Crippen molar-refractivity contribution in [3.05, 3.63) is 29.0 Å². The number of aryl methyl sites for hydroxylation is 1. The summed E-state index contributed by atoms with van der Waals surface area (Å²) in [5.74, 6) is 0.345. The monoisotopic (exact) mass is 440 g/mol. The van der Waals surface area contributed by atoms with Crippen molar-refractivity contribution in [2.75, 3.05) is 7.05 Å². The number of aromatic hydroxyl groups is 1. The fourth-order valence-electron chi connectivity index (χ4n) is 2.82. The Labute approximate surface area is 173 Å². The summed E-state index contributed by atoms with van der Waals surface area (Å²) in [6.45, 7) is 3.89. The number of nitrogens with one attached hydrogen (secondary N) is 1. The number of rotatable bonds is 7. The van der Waals surface area contributed by atoms with Gasteiger partial charge in [-0.15, -0.1) is 11.3 Å². The number of amidine groups is 2. The lowest BCUT2D eigenvalue weighted by Crippen LogP contribution is -2.79. The average Bonchev–Trinajstić information content (AvgIpc) is 3.34. The highest BCUT2D eigenvalue weighted by Gasteiger charge is 2.37. The minimum atomic E-state index is -3.77. The molecule has 1 atom stereocenters. The fraction of sp³-hybridized carbons (Fsp3) is 0.444. The van der Waals surface area contributed by atoms with Crippen LogP contribution in [0.4, 0.5) is 5.69 Å². The molecular formula is C18H26N5O4S2+. The molecule has 0 saturated heterocycles. The molecule has 2 aromatic heterocycles. The van der Waals surface area contributed by atoms with Gasteiger partial charge in [0.05, 0.1) is 6.26 Å². The molecule has 0 unspecified atom stereocenters. The summed E-state index contributed by atoms with van der Waals surface area (Å²) >= 11 is 0.901. The molecule has 9 nitrogen and oxygen atoms in total. The SMILES string of the molecule is CC[C@@H]([NH+]=C(N)C(N)=Nc1csc(S(=O)(=O)N(C)C2CC2)c1O)c1cc(C)co1.